The largest absolute Gasteiger partial charge is 0.417 e. The number of oxazole rings is 2. The first-order valence-electron chi connectivity index (χ1n) is 11.3. The van der Waals surface area contributed by atoms with Crippen LogP contribution in [0.15, 0.2) is 108 Å². The van der Waals surface area contributed by atoms with E-state index in [1.807, 2.05) is 48.5 Å². The lowest BCUT2D eigenvalue weighted by Crippen LogP contribution is -2.14. The number of aliphatic hydroxyl groups excluding tert-OH is 1. The van der Waals surface area contributed by atoms with E-state index in [9.17, 15) is 14.7 Å². The summed E-state index contributed by atoms with van der Waals surface area (Å²) in [5.74, 6) is -0.891. The molecular weight excluding hydrogens is 540 g/mol. The number of rotatable bonds is 5. The maximum atomic E-state index is 11.3. The van der Waals surface area contributed by atoms with Gasteiger partial charge in [-0.15, -0.1) is 0 Å². The Morgan fingerprint density at radius 3 is 2.22 bits per heavy atom. The van der Waals surface area contributed by atoms with Crippen molar-refractivity contribution in [3.63, 3.8) is 0 Å². The molecule has 0 aliphatic rings. The lowest BCUT2D eigenvalue weighted by Gasteiger charge is -2.18. The number of nitrogens with one attached hydrogen (secondary N) is 3. The summed E-state index contributed by atoms with van der Waals surface area (Å²) in [5.41, 5.74) is 6.01. The van der Waals surface area contributed by atoms with Crippen LogP contribution in [0.4, 0.5) is 5.69 Å². The van der Waals surface area contributed by atoms with Crippen LogP contribution in [0.1, 0.15) is 11.6 Å². The zero-order chi connectivity index (χ0) is 25.8. The molecule has 6 rings (SSSR count). The van der Waals surface area contributed by atoms with E-state index in [0.717, 1.165) is 32.4 Å². The van der Waals surface area contributed by atoms with E-state index < -0.39 is 11.5 Å². The standard InChI is InChI=1S/C20H17N3O3.C7H4BrNO2/c24-12-18(13-4-2-1-3-5-13)22-16-8-15(10-21-11-16)14-6-7-17-19(9-14)26-20(25)23-17;8-4-1-2-5-6(3-4)11-7(10)9-5/h1-11,18,22,24H,12H2,(H,23,25);1-3H,(H,9,10)/t18-;/m0./s1. The van der Waals surface area contributed by atoms with Crippen LogP contribution in [0.2, 0.25) is 0 Å². The Kier molecular flexibility index (Phi) is 7.02. The van der Waals surface area contributed by atoms with Crippen LogP contribution in [0.5, 0.6) is 0 Å². The van der Waals surface area contributed by atoms with Gasteiger partial charge in [0, 0.05) is 22.4 Å². The van der Waals surface area contributed by atoms with Crippen LogP contribution in [0, 0.1) is 0 Å². The van der Waals surface area contributed by atoms with Crippen molar-refractivity contribution < 1.29 is 13.9 Å². The van der Waals surface area contributed by atoms with Crippen LogP contribution in [-0.2, 0) is 0 Å². The van der Waals surface area contributed by atoms with Gasteiger partial charge in [-0.1, -0.05) is 52.3 Å². The van der Waals surface area contributed by atoms with Crippen LogP contribution in [-0.4, -0.2) is 26.7 Å². The predicted molar refractivity (Wildman–Crippen MR) is 144 cm³/mol. The van der Waals surface area contributed by atoms with Gasteiger partial charge in [0.2, 0.25) is 0 Å². The third-order valence-electron chi connectivity index (χ3n) is 5.60. The van der Waals surface area contributed by atoms with Gasteiger partial charge in [0.05, 0.1) is 29.4 Å². The molecule has 1 atom stereocenters. The van der Waals surface area contributed by atoms with E-state index in [4.69, 9.17) is 8.83 Å². The topological polar surface area (TPSA) is 137 Å². The van der Waals surface area contributed by atoms with E-state index in [0.29, 0.717) is 16.7 Å². The summed E-state index contributed by atoms with van der Waals surface area (Å²) in [6.45, 7) is -0.0330. The SMILES string of the molecule is O=c1[nH]c2ccc(-c3cncc(N[C@@H](CO)c4ccccc4)c3)cc2o1.O=c1[nH]c2ccc(Br)cc2o1. The number of H-pyrrole nitrogens is 2. The van der Waals surface area contributed by atoms with E-state index in [1.165, 1.54) is 0 Å². The Balaban J connectivity index is 0.000000212. The Morgan fingerprint density at radius 2 is 1.51 bits per heavy atom. The van der Waals surface area contributed by atoms with Crippen LogP contribution >= 0.6 is 15.9 Å². The lowest BCUT2D eigenvalue weighted by molar-refractivity contribution is 0.276. The Labute approximate surface area is 217 Å². The third-order valence-corrected chi connectivity index (χ3v) is 6.09. The Bertz CT molecular complexity index is 1770. The van der Waals surface area contributed by atoms with Crippen molar-refractivity contribution in [3.05, 3.63) is 116 Å². The summed E-state index contributed by atoms with van der Waals surface area (Å²) in [6, 6.07) is 22.3. The summed E-state index contributed by atoms with van der Waals surface area (Å²) in [7, 11) is 0. The van der Waals surface area contributed by atoms with Gasteiger partial charge < -0.3 is 19.3 Å². The summed E-state index contributed by atoms with van der Waals surface area (Å²) in [5, 5.41) is 13.0. The van der Waals surface area contributed by atoms with Crippen molar-refractivity contribution in [2.24, 2.45) is 0 Å². The average molecular weight is 561 g/mol. The summed E-state index contributed by atoms with van der Waals surface area (Å²) in [4.78, 5) is 31.4. The van der Waals surface area contributed by atoms with Gasteiger partial charge in [-0.2, -0.15) is 0 Å². The Hall–Kier alpha value is -4.41. The Morgan fingerprint density at radius 1 is 0.838 bits per heavy atom. The van der Waals surface area contributed by atoms with Gasteiger partial charge in [-0.25, -0.2) is 9.59 Å². The van der Waals surface area contributed by atoms with Gasteiger partial charge in [0.25, 0.3) is 0 Å². The molecule has 9 nitrogen and oxygen atoms in total. The second-order valence-electron chi connectivity index (χ2n) is 8.13. The zero-order valence-corrected chi connectivity index (χ0v) is 20.9. The molecule has 0 radical (unpaired) electrons. The van der Waals surface area contributed by atoms with Gasteiger partial charge in [0.15, 0.2) is 11.2 Å². The molecular formula is C27H21BrN4O5. The number of benzene rings is 3. The zero-order valence-electron chi connectivity index (χ0n) is 19.3. The highest BCUT2D eigenvalue weighted by Crippen LogP contribution is 2.26. The quantitative estimate of drug-likeness (QED) is 0.227. The smallest absolute Gasteiger partial charge is 0.408 e. The fraction of sp³-hybridized carbons (Fsp3) is 0.0741. The molecule has 186 valence electrons. The van der Waals surface area contributed by atoms with Crippen molar-refractivity contribution in [2.75, 3.05) is 11.9 Å². The highest BCUT2D eigenvalue weighted by molar-refractivity contribution is 9.10. The van der Waals surface area contributed by atoms with Gasteiger partial charge >= 0.3 is 11.5 Å². The number of hydrogen-bond donors (Lipinski definition) is 4. The maximum Gasteiger partial charge on any atom is 0.417 e. The number of hydrogen-bond acceptors (Lipinski definition) is 7. The number of pyridine rings is 1. The monoisotopic (exact) mass is 560 g/mol. The number of aromatic amines is 2. The molecule has 0 spiro atoms. The van der Waals surface area contributed by atoms with Crippen molar-refractivity contribution in [1.82, 2.24) is 15.0 Å². The molecule has 3 aromatic heterocycles. The summed E-state index contributed by atoms with van der Waals surface area (Å²) < 4.78 is 10.8. The molecule has 4 N–H and O–H groups in total. The van der Waals surface area contributed by atoms with Gasteiger partial charge in [-0.05, 0) is 47.5 Å². The first-order chi connectivity index (χ1) is 18.0. The normalized spacial score (nSPS) is 11.7. The second-order valence-corrected chi connectivity index (χ2v) is 9.05. The molecule has 0 bridgehead atoms. The first kappa shape index (κ1) is 24.3. The molecule has 3 aromatic carbocycles. The molecule has 6 aromatic rings. The molecule has 0 aliphatic heterocycles. The number of halogens is 1. The second kappa shape index (κ2) is 10.7. The highest BCUT2D eigenvalue weighted by atomic mass is 79.9. The molecule has 0 aliphatic carbocycles. The van der Waals surface area contributed by atoms with E-state index in [2.05, 4.69) is 36.2 Å². The predicted octanol–water partition coefficient (Wildman–Crippen LogP) is 5.21. The molecule has 0 saturated carbocycles. The minimum atomic E-state index is -0.473. The fourth-order valence-electron chi connectivity index (χ4n) is 3.84. The van der Waals surface area contributed by atoms with Crippen molar-refractivity contribution in [1.29, 1.82) is 0 Å². The molecule has 0 fully saturated rings. The van der Waals surface area contributed by atoms with Crippen LogP contribution in [0.25, 0.3) is 33.3 Å². The molecule has 0 saturated heterocycles. The molecule has 0 amide bonds. The minimum absolute atomic E-state index is 0.0330. The number of fused-ring (bicyclic) bond motifs is 2. The fourth-order valence-corrected chi connectivity index (χ4v) is 4.18. The van der Waals surface area contributed by atoms with Crippen molar-refractivity contribution in [3.8, 4) is 11.1 Å². The van der Waals surface area contributed by atoms with Crippen molar-refractivity contribution >= 4 is 43.8 Å². The first-order valence-corrected chi connectivity index (χ1v) is 12.1. The number of aliphatic hydroxyl groups is 1. The lowest BCUT2D eigenvalue weighted by atomic mass is 10.1. The number of nitrogens with zero attached hydrogens (tertiary/aromatic N) is 1. The summed E-state index contributed by atoms with van der Waals surface area (Å²) >= 11 is 3.27. The van der Waals surface area contributed by atoms with E-state index in [-0.39, 0.29) is 12.6 Å². The van der Waals surface area contributed by atoms with E-state index in [1.54, 1.807) is 36.7 Å². The number of anilines is 1. The number of aromatic nitrogens is 3. The maximum absolute atomic E-state index is 11.3. The molecule has 0 unspecified atom stereocenters. The van der Waals surface area contributed by atoms with Gasteiger partial charge in [0.1, 0.15) is 0 Å². The summed E-state index contributed by atoms with van der Waals surface area (Å²) in [6.07, 6.45) is 3.46. The molecule has 37 heavy (non-hydrogen) atoms. The molecule has 3 heterocycles. The van der Waals surface area contributed by atoms with E-state index >= 15 is 0 Å². The van der Waals surface area contributed by atoms with Crippen molar-refractivity contribution in [2.45, 2.75) is 6.04 Å². The third kappa shape index (κ3) is 5.71. The van der Waals surface area contributed by atoms with Crippen LogP contribution in [0.3, 0.4) is 0 Å². The highest BCUT2D eigenvalue weighted by Gasteiger charge is 2.11. The minimum Gasteiger partial charge on any atom is -0.408 e. The van der Waals surface area contributed by atoms with Crippen LogP contribution < -0.4 is 16.8 Å². The average Bonchev–Trinajstić information content (AvgIpc) is 3.47. The van der Waals surface area contributed by atoms with Gasteiger partial charge in [-0.3, -0.25) is 15.0 Å². The molecule has 10 heteroatoms.